The van der Waals surface area contributed by atoms with E-state index in [-0.39, 0.29) is 0 Å². The van der Waals surface area contributed by atoms with Crippen LogP contribution in [0.15, 0.2) is 11.2 Å². The first-order chi connectivity index (χ1) is 11.3. The van der Waals surface area contributed by atoms with Gasteiger partial charge in [-0.2, -0.15) is 0 Å². The molecule has 0 aliphatic carbocycles. The maximum absolute atomic E-state index is 4.69. The minimum Gasteiger partial charge on any atom is -0.357 e. The number of thiazole rings is 1. The highest BCUT2D eigenvalue weighted by molar-refractivity contribution is 7.11. The molecule has 6 heteroatoms. The third-order valence-electron chi connectivity index (χ3n) is 4.30. The van der Waals surface area contributed by atoms with Crippen molar-refractivity contribution in [2.45, 2.75) is 59.0 Å². The average molecular weight is 338 g/mol. The molecule has 1 atom stereocenters. The van der Waals surface area contributed by atoms with Crippen molar-refractivity contribution < 1.29 is 0 Å². The number of aryl methyl sites for hydroxylation is 1. The number of nitrogens with zero attached hydrogens (tertiary/aromatic N) is 3. The van der Waals surface area contributed by atoms with E-state index in [2.05, 4.69) is 46.3 Å². The van der Waals surface area contributed by atoms with Crippen molar-refractivity contribution in [2.24, 2.45) is 4.99 Å². The fourth-order valence-corrected chi connectivity index (χ4v) is 3.71. The molecule has 1 aromatic heterocycles. The Morgan fingerprint density at radius 3 is 2.70 bits per heavy atom. The minimum absolute atomic E-state index is 0.605. The Morgan fingerprint density at radius 2 is 2.09 bits per heavy atom. The summed E-state index contributed by atoms with van der Waals surface area (Å²) in [5, 5.41) is 7.94. The van der Waals surface area contributed by atoms with E-state index in [9.17, 15) is 0 Å². The molecule has 2 N–H and O–H groups in total. The zero-order chi connectivity index (χ0) is 16.5. The Labute approximate surface area is 144 Å². The predicted octanol–water partition coefficient (Wildman–Crippen LogP) is 2.64. The lowest BCUT2D eigenvalue weighted by Gasteiger charge is -2.27. The molecule has 0 amide bonds. The molecular weight excluding hydrogens is 306 g/mol. The van der Waals surface area contributed by atoms with Gasteiger partial charge in [0, 0.05) is 30.2 Å². The van der Waals surface area contributed by atoms with Crippen LogP contribution in [-0.2, 0) is 13.0 Å². The van der Waals surface area contributed by atoms with E-state index in [1.54, 1.807) is 11.3 Å². The zero-order valence-electron chi connectivity index (χ0n) is 14.8. The van der Waals surface area contributed by atoms with Gasteiger partial charge >= 0.3 is 0 Å². The van der Waals surface area contributed by atoms with E-state index in [0.29, 0.717) is 12.6 Å². The van der Waals surface area contributed by atoms with E-state index in [1.165, 1.54) is 37.2 Å². The maximum Gasteiger partial charge on any atom is 0.191 e. The van der Waals surface area contributed by atoms with Gasteiger partial charge in [-0.05, 0) is 45.7 Å². The quantitative estimate of drug-likeness (QED) is 0.566. The molecule has 2 heterocycles. The Hall–Kier alpha value is -1.14. The molecule has 0 bridgehead atoms. The molecule has 1 saturated heterocycles. The second-order valence-electron chi connectivity index (χ2n) is 5.96. The Bertz CT molecular complexity index is 479. The van der Waals surface area contributed by atoms with Gasteiger partial charge in [0.1, 0.15) is 5.01 Å². The molecule has 0 spiro atoms. The fraction of sp³-hybridized carbons (Fsp3) is 0.765. The first kappa shape index (κ1) is 18.2. The van der Waals surface area contributed by atoms with Crippen LogP contribution in [0.4, 0.5) is 0 Å². The maximum atomic E-state index is 4.69. The largest absolute Gasteiger partial charge is 0.357 e. The summed E-state index contributed by atoms with van der Waals surface area (Å²) >= 11 is 1.76. The summed E-state index contributed by atoms with van der Waals surface area (Å²) in [5.41, 5.74) is 0. The standard InChI is InChI=1S/C17H31N5S/c1-4-14(22-9-7-8-10-22)11-20-17(18-6-3)21-13-16-19-12-15(5-2)23-16/h12,14H,4-11,13H2,1-3H3,(H2,18,20,21). The Balaban J connectivity index is 1.87. The number of likely N-dealkylation sites (tertiary alicyclic amines) is 1. The second kappa shape index (κ2) is 9.88. The normalized spacial score (nSPS) is 17.4. The second-order valence-corrected chi connectivity index (χ2v) is 7.15. The van der Waals surface area contributed by atoms with E-state index < -0.39 is 0 Å². The van der Waals surface area contributed by atoms with Gasteiger partial charge in [0.15, 0.2) is 5.96 Å². The first-order valence-corrected chi connectivity index (χ1v) is 9.78. The summed E-state index contributed by atoms with van der Waals surface area (Å²) in [6.45, 7) is 11.5. The highest BCUT2D eigenvalue weighted by Gasteiger charge is 2.20. The number of aromatic nitrogens is 1. The van der Waals surface area contributed by atoms with Crippen molar-refractivity contribution in [1.82, 2.24) is 20.5 Å². The topological polar surface area (TPSA) is 52.6 Å². The first-order valence-electron chi connectivity index (χ1n) is 8.96. The lowest BCUT2D eigenvalue weighted by Crippen LogP contribution is -2.46. The number of hydrogen-bond donors (Lipinski definition) is 2. The van der Waals surface area contributed by atoms with Gasteiger partial charge in [0.05, 0.1) is 6.54 Å². The van der Waals surface area contributed by atoms with E-state index >= 15 is 0 Å². The number of nitrogens with one attached hydrogen (secondary N) is 2. The third kappa shape index (κ3) is 5.77. The lowest BCUT2D eigenvalue weighted by atomic mass is 10.2. The van der Waals surface area contributed by atoms with Crippen molar-refractivity contribution in [3.8, 4) is 0 Å². The van der Waals surface area contributed by atoms with Gasteiger partial charge in [-0.3, -0.25) is 4.90 Å². The van der Waals surface area contributed by atoms with Crippen LogP contribution in [0.25, 0.3) is 0 Å². The SMILES string of the molecule is CCNC(=NCc1ncc(CC)s1)NCC(CC)N1CCCC1. The summed E-state index contributed by atoms with van der Waals surface area (Å²) in [6.07, 6.45) is 6.88. The molecule has 1 aromatic rings. The monoisotopic (exact) mass is 337 g/mol. The van der Waals surface area contributed by atoms with Gasteiger partial charge in [0.2, 0.25) is 0 Å². The number of hydrogen-bond acceptors (Lipinski definition) is 4. The molecule has 5 nitrogen and oxygen atoms in total. The van der Waals surface area contributed by atoms with Gasteiger partial charge in [-0.25, -0.2) is 9.98 Å². The molecule has 1 aliphatic rings. The zero-order valence-corrected chi connectivity index (χ0v) is 15.6. The van der Waals surface area contributed by atoms with Crippen LogP contribution in [0, 0.1) is 0 Å². The molecule has 1 unspecified atom stereocenters. The minimum atomic E-state index is 0.605. The highest BCUT2D eigenvalue weighted by atomic mass is 32.1. The van der Waals surface area contributed by atoms with Gasteiger partial charge < -0.3 is 10.6 Å². The lowest BCUT2D eigenvalue weighted by molar-refractivity contribution is 0.236. The molecule has 1 fully saturated rings. The molecular formula is C17H31N5S. The Kier molecular flexibility index (Phi) is 7.82. The molecule has 0 radical (unpaired) electrons. The Morgan fingerprint density at radius 1 is 1.30 bits per heavy atom. The van der Waals surface area contributed by atoms with Gasteiger partial charge in [-0.15, -0.1) is 11.3 Å². The average Bonchev–Trinajstić information content (AvgIpc) is 3.24. The summed E-state index contributed by atoms with van der Waals surface area (Å²) in [5.74, 6) is 0.901. The van der Waals surface area contributed by atoms with Crippen molar-refractivity contribution in [2.75, 3.05) is 26.2 Å². The summed E-state index contributed by atoms with van der Waals surface area (Å²) in [7, 11) is 0. The molecule has 23 heavy (non-hydrogen) atoms. The summed E-state index contributed by atoms with van der Waals surface area (Å²) in [4.78, 5) is 13.1. The van der Waals surface area contributed by atoms with Crippen LogP contribution < -0.4 is 10.6 Å². The number of aliphatic imine (C=N–C) groups is 1. The van der Waals surface area contributed by atoms with E-state index in [1.807, 2.05) is 6.20 Å². The van der Waals surface area contributed by atoms with E-state index in [4.69, 9.17) is 0 Å². The van der Waals surface area contributed by atoms with Crippen molar-refractivity contribution in [3.05, 3.63) is 16.1 Å². The number of guanidine groups is 1. The van der Waals surface area contributed by atoms with Crippen LogP contribution in [0.5, 0.6) is 0 Å². The van der Waals surface area contributed by atoms with Gasteiger partial charge in [0.25, 0.3) is 0 Å². The van der Waals surface area contributed by atoms with Crippen LogP contribution >= 0.6 is 11.3 Å². The van der Waals surface area contributed by atoms with Crippen molar-refractivity contribution >= 4 is 17.3 Å². The van der Waals surface area contributed by atoms with Crippen molar-refractivity contribution in [1.29, 1.82) is 0 Å². The van der Waals surface area contributed by atoms with Crippen LogP contribution in [0.3, 0.4) is 0 Å². The van der Waals surface area contributed by atoms with Crippen LogP contribution in [0.1, 0.15) is 49.9 Å². The van der Waals surface area contributed by atoms with Crippen LogP contribution in [-0.4, -0.2) is 48.1 Å². The summed E-state index contributed by atoms with van der Waals surface area (Å²) < 4.78 is 0. The van der Waals surface area contributed by atoms with Crippen LogP contribution in [0.2, 0.25) is 0 Å². The number of rotatable bonds is 8. The molecule has 0 aromatic carbocycles. The highest BCUT2D eigenvalue weighted by Crippen LogP contribution is 2.14. The molecule has 2 rings (SSSR count). The van der Waals surface area contributed by atoms with Crippen molar-refractivity contribution in [3.63, 3.8) is 0 Å². The predicted molar refractivity (Wildman–Crippen MR) is 99.2 cm³/mol. The fourth-order valence-electron chi connectivity index (χ4n) is 2.93. The van der Waals surface area contributed by atoms with E-state index in [0.717, 1.165) is 30.5 Å². The smallest absolute Gasteiger partial charge is 0.191 e. The van der Waals surface area contributed by atoms with Gasteiger partial charge in [-0.1, -0.05) is 13.8 Å². The molecule has 0 saturated carbocycles. The molecule has 1 aliphatic heterocycles. The summed E-state index contributed by atoms with van der Waals surface area (Å²) in [6, 6.07) is 0.605. The third-order valence-corrected chi connectivity index (χ3v) is 5.43. The molecule has 130 valence electrons.